The third kappa shape index (κ3) is 5.26. The highest BCUT2D eigenvalue weighted by Gasteiger charge is 2.25. The first-order valence-electron chi connectivity index (χ1n) is 10.4. The highest BCUT2D eigenvalue weighted by atomic mass is 16.5. The molecule has 2 aromatic rings. The molecule has 3 rings (SSSR count). The van der Waals surface area contributed by atoms with Crippen LogP contribution in [0.5, 0.6) is 11.5 Å². The van der Waals surface area contributed by atoms with Crippen LogP contribution in [0.3, 0.4) is 0 Å². The maximum absolute atomic E-state index is 11.7. The Morgan fingerprint density at radius 2 is 1.10 bits per heavy atom. The highest BCUT2D eigenvalue weighted by molar-refractivity contribution is 5.94. The fourth-order valence-electron chi connectivity index (χ4n) is 4.12. The smallest absolute Gasteiger partial charge is 0.159 e. The minimum atomic E-state index is 0.0740. The molecule has 0 saturated carbocycles. The van der Waals surface area contributed by atoms with Crippen LogP contribution in [0.2, 0.25) is 0 Å². The van der Waals surface area contributed by atoms with Crippen molar-refractivity contribution in [3.05, 3.63) is 58.7 Å². The first kappa shape index (κ1) is 22.0. The van der Waals surface area contributed by atoms with Crippen molar-refractivity contribution in [2.24, 2.45) is 0 Å². The molecule has 30 heavy (non-hydrogen) atoms. The van der Waals surface area contributed by atoms with Gasteiger partial charge in [-0.1, -0.05) is 0 Å². The summed E-state index contributed by atoms with van der Waals surface area (Å²) in [7, 11) is 3.35. The van der Waals surface area contributed by atoms with E-state index in [1.807, 2.05) is 36.4 Å². The average molecular weight is 413 g/mol. The Morgan fingerprint density at radius 1 is 0.733 bits per heavy atom. The van der Waals surface area contributed by atoms with Crippen molar-refractivity contribution >= 4 is 11.6 Å². The van der Waals surface area contributed by atoms with E-state index in [1.165, 1.54) is 9.80 Å². The summed E-state index contributed by atoms with van der Waals surface area (Å²) >= 11 is 0. The van der Waals surface area contributed by atoms with Gasteiger partial charge in [-0.05, 0) is 50.2 Å². The second kappa shape index (κ2) is 9.87. The van der Waals surface area contributed by atoms with Gasteiger partial charge in [-0.3, -0.25) is 9.59 Å². The normalized spacial score (nSPS) is 18.7. The van der Waals surface area contributed by atoms with Gasteiger partial charge in [0.25, 0.3) is 0 Å². The molecular weight excluding hydrogens is 380 g/mol. The van der Waals surface area contributed by atoms with Crippen LogP contribution in [0.15, 0.2) is 36.4 Å². The van der Waals surface area contributed by atoms with Gasteiger partial charge in [0.1, 0.15) is 50.8 Å². The fraction of sp³-hybridized carbons (Fsp3) is 0.417. The molecule has 1 saturated heterocycles. The van der Waals surface area contributed by atoms with E-state index in [4.69, 9.17) is 9.47 Å². The van der Waals surface area contributed by atoms with Gasteiger partial charge >= 0.3 is 0 Å². The van der Waals surface area contributed by atoms with Crippen molar-refractivity contribution in [3.8, 4) is 11.5 Å². The van der Waals surface area contributed by atoms with Crippen molar-refractivity contribution in [1.82, 2.24) is 0 Å². The molecule has 0 bridgehead atoms. The Balaban J connectivity index is 1.63. The molecule has 160 valence electrons. The number of ketones is 2. The lowest BCUT2D eigenvalue weighted by Crippen LogP contribution is -3.27. The molecule has 0 atom stereocenters. The van der Waals surface area contributed by atoms with Crippen molar-refractivity contribution in [3.63, 3.8) is 0 Å². The van der Waals surface area contributed by atoms with Gasteiger partial charge in [0.05, 0.1) is 14.2 Å². The number of hydrogen-bond acceptors (Lipinski definition) is 4. The summed E-state index contributed by atoms with van der Waals surface area (Å²) in [6.07, 6.45) is 0. The molecule has 0 spiro atoms. The number of quaternary nitrogens is 2. The molecule has 0 unspecified atom stereocenters. The van der Waals surface area contributed by atoms with E-state index in [1.54, 1.807) is 28.1 Å². The van der Waals surface area contributed by atoms with E-state index in [0.29, 0.717) is 0 Å². The molecule has 6 nitrogen and oxygen atoms in total. The zero-order valence-corrected chi connectivity index (χ0v) is 18.3. The molecule has 0 aliphatic carbocycles. The van der Waals surface area contributed by atoms with Gasteiger partial charge in [-0.15, -0.1) is 0 Å². The van der Waals surface area contributed by atoms with Crippen LogP contribution in [0, 0.1) is 0 Å². The molecule has 0 amide bonds. The number of benzene rings is 2. The SMILES string of the molecule is COc1ccc(C(C)=O)cc1C[NH+]1CC[NH+](Cc2cc(C(C)=O)ccc2OC)CC1. The molecule has 1 aliphatic rings. The van der Waals surface area contributed by atoms with Crippen LogP contribution in [-0.2, 0) is 13.1 Å². The highest BCUT2D eigenvalue weighted by Crippen LogP contribution is 2.20. The van der Waals surface area contributed by atoms with Gasteiger partial charge in [-0.25, -0.2) is 0 Å². The lowest BCUT2D eigenvalue weighted by Gasteiger charge is -2.30. The quantitative estimate of drug-likeness (QED) is 0.623. The number of rotatable bonds is 8. The monoisotopic (exact) mass is 412 g/mol. The van der Waals surface area contributed by atoms with Gasteiger partial charge in [0.15, 0.2) is 11.6 Å². The second-order valence-electron chi connectivity index (χ2n) is 8.02. The van der Waals surface area contributed by atoms with Gasteiger partial charge < -0.3 is 19.3 Å². The van der Waals surface area contributed by atoms with Gasteiger partial charge in [0, 0.05) is 22.3 Å². The zero-order chi connectivity index (χ0) is 21.7. The van der Waals surface area contributed by atoms with Crippen LogP contribution in [0.25, 0.3) is 0 Å². The van der Waals surface area contributed by atoms with E-state index in [9.17, 15) is 9.59 Å². The van der Waals surface area contributed by atoms with Gasteiger partial charge in [0.2, 0.25) is 0 Å². The molecule has 1 heterocycles. The van der Waals surface area contributed by atoms with E-state index in [2.05, 4.69) is 0 Å². The van der Waals surface area contributed by atoms with Crippen LogP contribution in [-0.4, -0.2) is 52.0 Å². The van der Waals surface area contributed by atoms with Crippen molar-refractivity contribution in [2.75, 3.05) is 40.4 Å². The van der Waals surface area contributed by atoms with Crippen LogP contribution in [0.4, 0.5) is 0 Å². The standard InChI is InChI=1S/C24H30N2O4/c1-17(27)19-5-7-23(29-3)21(13-19)15-25-9-11-26(12-10-25)16-22-14-20(18(2)28)6-8-24(22)30-4/h5-8,13-14H,9-12,15-16H2,1-4H3/p+2. The third-order valence-corrected chi connectivity index (χ3v) is 5.92. The fourth-order valence-corrected chi connectivity index (χ4v) is 4.12. The molecule has 1 fully saturated rings. The summed E-state index contributed by atoms with van der Waals surface area (Å²) in [6, 6.07) is 11.4. The van der Waals surface area contributed by atoms with Crippen molar-refractivity contribution in [2.45, 2.75) is 26.9 Å². The molecule has 0 aromatic heterocycles. The molecular formula is C24H32N2O4+2. The maximum Gasteiger partial charge on any atom is 0.159 e. The lowest BCUT2D eigenvalue weighted by atomic mass is 10.1. The number of hydrogen-bond donors (Lipinski definition) is 2. The van der Waals surface area contributed by atoms with E-state index < -0.39 is 0 Å². The zero-order valence-electron chi connectivity index (χ0n) is 18.3. The summed E-state index contributed by atoms with van der Waals surface area (Å²) in [4.78, 5) is 26.5. The summed E-state index contributed by atoms with van der Waals surface area (Å²) < 4.78 is 11.0. The van der Waals surface area contributed by atoms with Crippen LogP contribution < -0.4 is 19.3 Å². The number of Topliss-reactive ketones (excluding diaryl/α,β-unsaturated/α-hetero) is 2. The first-order valence-corrected chi connectivity index (χ1v) is 10.4. The number of methoxy groups -OCH3 is 2. The third-order valence-electron chi connectivity index (χ3n) is 5.92. The predicted molar refractivity (Wildman–Crippen MR) is 115 cm³/mol. The van der Waals surface area contributed by atoms with Gasteiger partial charge in [-0.2, -0.15) is 0 Å². The molecule has 6 heteroatoms. The Labute approximate surface area is 178 Å². The number of piperazine rings is 1. The minimum Gasteiger partial charge on any atom is -0.496 e. The molecule has 0 radical (unpaired) electrons. The van der Waals surface area contributed by atoms with Crippen molar-refractivity contribution < 1.29 is 28.9 Å². The minimum absolute atomic E-state index is 0.0740. The van der Waals surface area contributed by atoms with Crippen LogP contribution >= 0.6 is 0 Å². The number of carbonyl (C=O) groups is 2. The summed E-state index contributed by atoms with van der Waals surface area (Å²) in [6.45, 7) is 9.04. The van der Waals surface area contributed by atoms with E-state index in [0.717, 1.165) is 73.0 Å². The van der Waals surface area contributed by atoms with E-state index in [-0.39, 0.29) is 11.6 Å². The number of ether oxygens (including phenoxy) is 2. The Morgan fingerprint density at radius 3 is 1.40 bits per heavy atom. The first-order chi connectivity index (χ1) is 14.4. The predicted octanol–water partition coefficient (Wildman–Crippen LogP) is 0.593. The summed E-state index contributed by atoms with van der Waals surface area (Å²) in [5.74, 6) is 1.83. The molecule has 1 aliphatic heterocycles. The lowest BCUT2D eigenvalue weighted by molar-refractivity contribution is -1.02. The molecule has 2 aromatic carbocycles. The Bertz CT molecular complexity index is 842. The number of nitrogens with one attached hydrogen (secondary N) is 2. The van der Waals surface area contributed by atoms with E-state index >= 15 is 0 Å². The Kier molecular flexibility index (Phi) is 7.24. The summed E-state index contributed by atoms with van der Waals surface area (Å²) in [5.41, 5.74) is 3.62. The molecule has 2 N–H and O–H groups in total. The topological polar surface area (TPSA) is 61.5 Å². The maximum atomic E-state index is 11.7. The Hall–Kier alpha value is -2.70. The number of carbonyl (C=O) groups excluding carboxylic acids is 2. The van der Waals surface area contributed by atoms with Crippen LogP contribution in [0.1, 0.15) is 45.7 Å². The van der Waals surface area contributed by atoms with Crippen molar-refractivity contribution in [1.29, 1.82) is 0 Å². The summed E-state index contributed by atoms with van der Waals surface area (Å²) in [5, 5.41) is 0. The largest absolute Gasteiger partial charge is 0.496 e. The second-order valence-corrected chi connectivity index (χ2v) is 8.02. The average Bonchev–Trinajstić information content (AvgIpc) is 2.74.